The monoisotopic (exact) mass is 237 g/mol. The molecule has 1 aliphatic rings. The maximum atomic E-state index is 9.12. The van der Waals surface area contributed by atoms with Gasteiger partial charge in [-0.3, -0.25) is 4.90 Å². The second-order valence-electron chi connectivity index (χ2n) is 4.51. The summed E-state index contributed by atoms with van der Waals surface area (Å²) < 4.78 is 5.50. The molecular formula is C12H19N3O2. The summed E-state index contributed by atoms with van der Waals surface area (Å²) in [6.07, 6.45) is 1.64. The van der Waals surface area contributed by atoms with E-state index in [1.165, 1.54) is 0 Å². The van der Waals surface area contributed by atoms with E-state index in [9.17, 15) is 0 Å². The van der Waals surface area contributed by atoms with E-state index in [-0.39, 0.29) is 12.7 Å². The molecule has 1 fully saturated rings. The third-order valence-electron chi connectivity index (χ3n) is 3.07. The first-order valence-corrected chi connectivity index (χ1v) is 5.86. The molecule has 0 amide bonds. The van der Waals surface area contributed by atoms with E-state index in [1.54, 1.807) is 6.20 Å². The van der Waals surface area contributed by atoms with Gasteiger partial charge in [-0.1, -0.05) is 0 Å². The lowest BCUT2D eigenvalue weighted by Crippen LogP contribution is -2.48. The second-order valence-corrected chi connectivity index (χ2v) is 4.51. The lowest BCUT2D eigenvalue weighted by Gasteiger charge is -2.37. The Morgan fingerprint density at radius 3 is 3.18 bits per heavy atom. The first-order chi connectivity index (χ1) is 8.19. The van der Waals surface area contributed by atoms with Crippen molar-refractivity contribution in [3.05, 3.63) is 23.9 Å². The fourth-order valence-corrected chi connectivity index (χ4v) is 2.03. The molecule has 1 aromatic rings. The van der Waals surface area contributed by atoms with Crippen LogP contribution in [0.25, 0.3) is 0 Å². The highest BCUT2D eigenvalue weighted by molar-refractivity contribution is 5.31. The quantitative estimate of drug-likeness (QED) is 0.788. The smallest absolute Gasteiger partial charge is 0.123 e. The van der Waals surface area contributed by atoms with Crippen LogP contribution >= 0.6 is 0 Å². The zero-order valence-corrected chi connectivity index (χ0v) is 10.0. The first kappa shape index (κ1) is 12.3. The summed E-state index contributed by atoms with van der Waals surface area (Å²) in [5, 5.41) is 9.12. The van der Waals surface area contributed by atoms with Crippen LogP contribution in [-0.4, -0.2) is 46.9 Å². The average molecular weight is 237 g/mol. The molecule has 1 aromatic heterocycles. The summed E-state index contributed by atoms with van der Waals surface area (Å²) in [5.41, 5.74) is 6.80. The molecule has 2 unspecified atom stereocenters. The van der Waals surface area contributed by atoms with E-state index in [2.05, 4.69) is 16.8 Å². The Morgan fingerprint density at radius 2 is 2.47 bits per heavy atom. The number of morpholine rings is 1. The van der Waals surface area contributed by atoms with Crippen molar-refractivity contribution < 1.29 is 9.84 Å². The van der Waals surface area contributed by atoms with Crippen LogP contribution in [0.5, 0.6) is 0 Å². The highest BCUT2D eigenvalue weighted by atomic mass is 16.5. The van der Waals surface area contributed by atoms with Crippen LogP contribution in [0, 0.1) is 0 Å². The Bertz CT molecular complexity index is 373. The number of aromatic nitrogens is 1. The van der Waals surface area contributed by atoms with Gasteiger partial charge in [-0.2, -0.15) is 0 Å². The summed E-state index contributed by atoms with van der Waals surface area (Å²) in [4.78, 5) is 6.27. The van der Waals surface area contributed by atoms with Gasteiger partial charge in [0.2, 0.25) is 0 Å². The number of rotatable bonds is 3. The van der Waals surface area contributed by atoms with Gasteiger partial charge >= 0.3 is 0 Å². The fourth-order valence-electron chi connectivity index (χ4n) is 2.03. The van der Waals surface area contributed by atoms with E-state index in [0.717, 1.165) is 18.7 Å². The van der Waals surface area contributed by atoms with Crippen molar-refractivity contribution in [3.8, 4) is 0 Å². The topological polar surface area (TPSA) is 71.6 Å². The molecule has 3 N–H and O–H groups in total. The van der Waals surface area contributed by atoms with Gasteiger partial charge in [-0.15, -0.1) is 0 Å². The standard InChI is InChI=1S/C12H19N3O2/c1-9-8-17-11(7-16)6-15(9)5-10-2-3-14-12(13)4-10/h2-4,9,11,16H,5-8H2,1H3,(H2,13,14). The van der Waals surface area contributed by atoms with Crippen LogP contribution in [0.15, 0.2) is 18.3 Å². The molecule has 0 bridgehead atoms. The SMILES string of the molecule is CC1COC(CO)CN1Cc1ccnc(N)c1. The van der Waals surface area contributed by atoms with Crippen LogP contribution in [-0.2, 0) is 11.3 Å². The molecule has 1 aliphatic heterocycles. The van der Waals surface area contributed by atoms with Gasteiger partial charge in [0.25, 0.3) is 0 Å². The predicted octanol–water partition coefficient (Wildman–Crippen LogP) is 0.245. The number of aliphatic hydroxyl groups excluding tert-OH is 1. The maximum Gasteiger partial charge on any atom is 0.123 e. The molecule has 0 spiro atoms. The van der Waals surface area contributed by atoms with Gasteiger partial charge < -0.3 is 15.6 Å². The third kappa shape index (κ3) is 3.15. The van der Waals surface area contributed by atoms with E-state index >= 15 is 0 Å². The van der Waals surface area contributed by atoms with Crippen LogP contribution < -0.4 is 5.73 Å². The second kappa shape index (κ2) is 5.44. The van der Waals surface area contributed by atoms with Crippen molar-refractivity contribution >= 4 is 5.82 Å². The van der Waals surface area contributed by atoms with E-state index in [1.807, 2.05) is 12.1 Å². The Balaban J connectivity index is 2.01. The van der Waals surface area contributed by atoms with E-state index in [0.29, 0.717) is 18.5 Å². The molecule has 17 heavy (non-hydrogen) atoms. The number of nitrogens with two attached hydrogens (primary N) is 1. The zero-order chi connectivity index (χ0) is 12.3. The van der Waals surface area contributed by atoms with Crippen LogP contribution in [0.3, 0.4) is 0 Å². The first-order valence-electron chi connectivity index (χ1n) is 5.86. The molecule has 0 saturated carbocycles. The lowest BCUT2D eigenvalue weighted by molar-refractivity contribution is -0.0805. The third-order valence-corrected chi connectivity index (χ3v) is 3.07. The van der Waals surface area contributed by atoms with E-state index < -0.39 is 0 Å². The van der Waals surface area contributed by atoms with Gasteiger partial charge in [0.05, 0.1) is 19.3 Å². The number of hydrogen-bond donors (Lipinski definition) is 2. The van der Waals surface area contributed by atoms with Crippen LogP contribution in [0.4, 0.5) is 5.82 Å². The number of nitrogen functional groups attached to an aromatic ring is 1. The number of aliphatic hydroxyl groups is 1. The largest absolute Gasteiger partial charge is 0.394 e. The lowest BCUT2D eigenvalue weighted by atomic mass is 10.1. The predicted molar refractivity (Wildman–Crippen MR) is 65.3 cm³/mol. The normalized spacial score (nSPS) is 26.0. The number of anilines is 1. The highest BCUT2D eigenvalue weighted by Crippen LogP contribution is 2.15. The Kier molecular flexibility index (Phi) is 3.93. The molecular weight excluding hydrogens is 218 g/mol. The Hall–Kier alpha value is -1.17. The molecule has 0 radical (unpaired) electrons. The molecule has 5 heteroatoms. The van der Waals surface area contributed by atoms with Crippen molar-refractivity contribution in [2.24, 2.45) is 0 Å². The van der Waals surface area contributed by atoms with Crippen LogP contribution in [0.1, 0.15) is 12.5 Å². The molecule has 0 aliphatic carbocycles. The summed E-state index contributed by atoms with van der Waals surface area (Å²) in [7, 11) is 0. The number of nitrogens with zero attached hydrogens (tertiary/aromatic N) is 2. The number of hydrogen-bond acceptors (Lipinski definition) is 5. The van der Waals surface area contributed by atoms with Gasteiger partial charge in [0.15, 0.2) is 0 Å². The average Bonchev–Trinajstić information content (AvgIpc) is 2.32. The summed E-state index contributed by atoms with van der Waals surface area (Å²) in [6, 6.07) is 4.20. The van der Waals surface area contributed by atoms with Crippen molar-refractivity contribution in [1.29, 1.82) is 0 Å². The molecule has 2 atom stereocenters. The van der Waals surface area contributed by atoms with Gasteiger partial charge in [-0.25, -0.2) is 4.98 Å². The maximum absolute atomic E-state index is 9.12. The van der Waals surface area contributed by atoms with Gasteiger partial charge in [0.1, 0.15) is 5.82 Å². The minimum absolute atomic E-state index is 0.0711. The minimum Gasteiger partial charge on any atom is -0.394 e. The van der Waals surface area contributed by atoms with Gasteiger partial charge in [0, 0.05) is 25.3 Å². The number of ether oxygens (including phenoxy) is 1. The van der Waals surface area contributed by atoms with Crippen molar-refractivity contribution in [2.75, 3.05) is 25.5 Å². The number of pyridine rings is 1. The molecule has 2 rings (SSSR count). The van der Waals surface area contributed by atoms with E-state index in [4.69, 9.17) is 15.6 Å². The molecule has 5 nitrogen and oxygen atoms in total. The molecule has 1 saturated heterocycles. The van der Waals surface area contributed by atoms with Gasteiger partial charge in [-0.05, 0) is 24.6 Å². The molecule has 0 aromatic carbocycles. The fraction of sp³-hybridized carbons (Fsp3) is 0.583. The highest BCUT2D eigenvalue weighted by Gasteiger charge is 2.25. The van der Waals surface area contributed by atoms with Crippen molar-refractivity contribution in [1.82, 2.24) is 9.88 Å². The van der Waals surface area contributed by atoms with Crippen LogP contribution in [0.2, 0.25) is 0 Å². The summed E-state index contributed by atoms with van der Waals surface area (Å²) in [6.45, 7) is 4.42. The zero-order valence-electron chi connectivity index (χ0n) is 10.0. The summed E-state index contributed by atoms with van der Waals surface area (Å²) >= 11 is 0. The van der Waals surface area contributed by atoms with Crippen molar-refractivity contribution in [2.45, 2.75) is 25.6 Å². The minimum atomic E-state index is -0.0783. The Morgan fingerprint density at radius 1 is 1.65 bits per heavy atom. The molecule has 94 valence electrons. The van der Waals surface area contributed by atoms with Crippen molar-refractivity contribution in [3.63, 3.8) is 0 Å². The summed E-state index contributed by atoms with van der Waals surface area (Å²) in [5.74, 6) is 0.544. The molecule has 2 heterocycles. The Labute approximate surface area is 101 Å².